The van der Waals surface area contributed by atoms with E-state index in [0.29, 0.717) is 23.7 Å². The molecule has 0 amide bonds. The summed E-state index contributed by atoms with van der Waals surface area (Å²) in [6, 6.07) is 9.98. The highest BCUT2D eigenvalue weighted by molar-refractivity contribution is 5.56. The van der Waals surface area contributed by atoms with E-state index in [-0.39, 0.29) is 11.7 Å². The Labute approximate surface area is 149 Å². The van der Waals surface area contributed by atoms with Crippen molar-refractivity contribution >= 4 is 0 Å². The van der Waals surface area contributed by atoms with Crippen LogP contribution in [-0.2, 0) is 13.0 Å². The van der Waals surface area contributed by atoms with Crippen molar-refractivity contribution in [3.63, 3.8) is 0 Å². The fourth-order valence-electron chi connectivity index (χ4n) is 2.73. The summed E-state index contributed by atoms with van der Waals surface area (Å²) in [5, 5.41) is 0. The summed E-state index contributed by atoms with van der Waals surface area (Å²) in [7, 11) is 0. The van der Waals surface area contributed by atoms with Crippen LogP contribution in [0.5, 0.6) is 5.75 Å². The molecule has 26 heavy (non-hydrogen) atoms. The highest BCUT2D eigenvalue weighted by atomic mass is 19.4. The van der Waals surface area contributed by atoms with Crippen molar-refractivity contribution in [1.29, 1.82) is 0 Å². The Kier molecular flexibility index (Phi) is 5.25. The summed E-state index contributed by atoms with van der Waals surface area (Å²) >= 11 is 0. The van der Waals surface area contributed by atoms with Gasteiger partial charge in [0, 0.05) is 24.2 Å². The van der Waals surface area contributed by atoms with Crippen LogP contribution in [0.15, 0.2) is 61.2 Å². The molecule has 0 N–H and O–H groups in total. The number of rotatable bonds is 6. The van der Waals surface area contributed by atoms with Crippen LogP contribution in [0.25, 0.3) is 11.4 Å². The normalized spacial score (nSPS) is 12.8. The minimum absolute atomic E-state index is 0.162. The number of halogens is 3. The third kappa shape index (κ3) is 4.84. The highest BCUT2D eigenvalue weighted by Gasteiger charge is 2.27. The van der Waals surface area contributed by atoms with E-state index in [2.05, 4.69) is 9.97 Å². The monoisotopic (exact) mass is 361 g/mol. The summed E-state index contributed by atoms with van der Waals surface area (Å²) in [4.78, 5) is 8.30. The van der Waals surface area contributed by atoms with E-state index in [1.165, 1.54) is 12.1 Å². The van der Waals surface area contributed by atoms with Crippen molar-refractivity contribution in [1.82, 2.24) is 14.5 Å². The van der Waals surface area contributed by atoms with E-state index in [9.17, 15) is 13.2 Å². The summed E-state index contributed by atoms with van der Waals surface area (Å²) in [5.74, 6) is 1.27. The number of alkyl halides is 3. The fraction of sp³-hybridized carbons (Fsp3) is 0.263. The van der Waals surface area contributed by atoms with Gasteiger partial charge in [-0.1, -0.05) is 18.2 Å². The van der Waals surface area contributed by atoms with Crippen molar-refractivity contribution in [3.05, 3.63) is 66.7 Å². The second-order valence-corrected chi connectivity index (χ2v) is 6.01. The Morgan fingerprint density at radius 2 is 2.00 bits per heavy atom. The van der Waals surface area contributed by atoms with Gasteiger partial charge in [0.05, 0.1) is 19.2 Å². The molecular formula is C19H18F3N3O. The lowest BCUT2D eigenvalue weighted by atomic mass is 10.1. The molecule has 4 nitrogen and oxygen atoms in total. The Morgan fingerprint density at radius 1 is 1.15 bits per heavy atom. The number of nitrogens with zero attached hydrogens (tertiary/aromatic N) is 3. The van der Waals surface area contributed by atoms with Gasteiger partial charge in [-0.05, 0) is 30.7 Å². The largest absolute Gasteiger partial charge is 0.487 e. The predicted molar refractivity (Wildman–Crippen MR) is 91.7 cm³/mol. The van der Waals surface area contributed by atoms with Gasteiger partial charge in [0.1, 0.15) is 17.7 Å². The molecule has 0 saturated carbocycles. The minimum Gasteiger partial charge on any atom is -0.487 e. The Morgan fingerprint density at radius 3 is 2.73 bits per heavy atom. The van der Waals surface area contributed by atoms with Gasteiger partial charge in [-0.25, -0.2) is 4.98 Å². The molecule has 0 aliphatic carbocycles. The van der Waals surface area contributed by atoms with E-state index in [1.807, 2.05) is 17.6 Å². The third-order valence-corrected chi connectivity index (χ3v) is 3.73. The topological polar surface area (TPSA) is 39.9 Å². The SMILES string of the molecule is CC(Cn1ccnc1-c1cccc(CC(F)(F)F)c1)Oc1cccnc1. The summed E-state index contributed by atoms with van der Waals surface area (Å²) < 4.78 is 45.6. The summed E-state index contributed by atoms with van der Waals surface area (Å²) in [6.45, 7) is 2.42. The van der Waals surface area contributed by atoms with Gasteiger partial charge in [0.25, 0.3) is 0 Å². The number of aromatic nitrogens is 3. The zero-order valence-electron chi connectivity index (χ0n) is 14.1. The number of hydrogen-bond acceptors (Lipinski definition) is 3. The van der Waals surface area contributed by atoms with Crippen molar-refractivity contribution in [2.45, 2.75) is 32.2 Å². The predicted octanol–water partition coefficient (Wildman–Crippen LogP) is 4.52. The highest BCUT2D eigenvalue weighted by Crippen LogP contribution is 2.25. The molecule has 3 rings (SSSR count). The fourth-order valence-corrected chi connectivity index (χ4v) is 2.73. The lowest BCUT2D eigenvalue weighted by Crippen LogP contribution is -2.19. The van der Waals surface area contributed by atoms with Crippen LogP contribution in [-0.4, -0.2) is 26.8 Å². The molecule has 1 atom stereocenters. The average molecular weight is 361 g/mol. The first-order valence-corrected chi connectivity index (χ1v) is 8.14. The maximum Gasteiger partial charge on any atom is 0.393 e. The van der Waals surface area contributed by atoms with Gasteiger partial charge in [0.2, 0.25) is 0 Å². The van der Waals surface area contributed by atoms with Crippen LogP contribution < -0.4 is 4.74 Å². The van der Waals surface area contributed by atoms with Gasteiger partial charge in [-0.15, -0.1) is 0 Å². The molecule has 2 heterocycles. The first kappa shape index (κ1) is 18.0. The van der Waals surface area contributed by atoms with Crippen LogP contribution in [0.4, 0.5) is 13.2 Å². The van der Waals surface area contributed by atoms with E-state index in [4.69, 9.17) is 4.74 Å². The third-order valence-electron chi connectivity index (χ3n) is 3.73. The first-order valence-electron chi connectivity index (χ1n) is 8.14. The lowest BCUT2D eigenvalue weighted by Gasteiger charge is -2.17. The number of ether oxygens (including phenoxy) is 1. The lowest BCUT2D eigenvalue weighted by molar-refractivity contribution is -0.127. The Balaban J connectivity index is 1.75. The molecule has 0 spiro atoms. The Bertz CT molecular complexity index is 846. The number of pyridine rings is 1. The zero-order chi connectivity index (χ0) is 18.6. The Hall–Kier alpha value is -2.83. The van der Waals surface area contributed by atoms with Gasteiger partial charge in [0.15, 0.2) is 0 Å². The molecule has 1 aromatic carbocycles. The summed E-state index contributed by atoms with van der Waals surface area (Å²) in [5.41, 5.74) is 0.856. The minimum atomic E-state index is -4.24. The summed E-state index contributed by atoms with van der Waals surface area (Å²) in [6.07, 6.45) is 1.36. The van der Waals surface area contributed by atoms with Gasteiger partial charge in [-0.3, -0.25) is 4.98 Å². The molecule has 0 saturated heterocycles. The van der Waals surface area contributed by atoms with Gasteiger partial charge >= 0.3 is 6.18 Å². The number of benzene rings is 1. The zero-order valence-corrected chi connectivity index (χ0v) is 14.1. The van der Waals surface area contributed by atoms with E-state index in [1.54, 1.807) is 43.0 Å². The van der Waals surface area contributed by atoms with Crippen molar-refractivity contribution in [2.75, 3.05) is 0 Å². The standard InChI is InChI=1S/C19H18F3N3O/c1-14(26-17-6-3-7-23-12-17)13-25-9-8-24-18(25)16-5-2-4-15(10-16)11-19(20,21)22/h2-10,12,14H,11,13H2,1H3. The van der Waals surface area contributed by atoms with Crippen LogP contribution in [0, 0.1) is 0 Å². The molecule has 0 bridgehead atoms. The molecule has 136 valence electrons. The molecule has 7 heteroatoms. The van der Waals surface area contributed by atoms with E-state index < -0.39 is 12.6 Å². The molecule has 2 aromatic heterocycles. The van der Waals surface area contributed by atoms with Crippen molar-refractivity contribution < 1.29 is 17.9 Å². The maximum atomic E-state index is 12.6. The maximum absolute atomic E-state index is 12.6. The quantitative estimate of drug-likeness (QED) is 0.648. The van der Waals surface area contributed by atoms with E-state index >= 15 is 0 Å². The van der Waals surface area contributed by atoms with E-state index in [0.717, 1.165) is 0 Å². The molecule has 1 unspecified atom stereocenters. The average Bonchev–Trinajstić information content (AvgIpc) is 3.02. The number of hydrogen-bond donors (Lipinski definition) is 0. The smallest absolute Gasteiger partial charge is 0.393 e. The second-order valence-electron chi connectivity index (χ2n) is 6.01. The van der Waals surface area contributed by atoms with Crippen molar-refractivity contribution in [2.24, 2.45) is 0 Å². The molecule has 0 radical (unpaired) electrons. The van der Waals surface area contributed by atoms with Crippen LogP contribution in [0.2, 0.25) is 0 Å². The number of imidazole rings is 1. The van der Waals surface area contributed by atoms with Crippen LogP contribution in [0.1, 0.15) is 12.5 Å². The molecule has 0 aliphatic rings. The molecule has 0 aliphatic heterocycles. The van der Waals surface area contributed by atoms with Gasteiger partial charge < -0.3 is 9.30 Å². The second kappa shape index (κ2) is 7.59. The first-order chi connectivity index (χ1) is 12.4. The molecular weight excluding hydrogens is 343 g/mol. The van der Waals surface area contributed by atoms with Crippen LogP contribution in [0.3, 0.4) is 0 Å². The molecule has 0 fully saturated rings. The molecule has 3 aromatic rings. The van der Waals surface area contributed by atoms with Gasteiger partial charge in [-0.2, -0.15) is 13.2 Å². The van der Waals surface area contributed by atoms with Crippen molar-refractivity contribution in [3.8, 4) is 17.1 Å². The van der Waals surface area contributed by atoms with Crippen LogP contribution >= 0.6 is 0 Å².